The van der Waals surface area contributed by atoms with Gasteiger partial charge in [0.25, 0.3) is 0 Å². The summed E-state index contributed by atoms with van der Waals surface area (Å²) in [6.45, 7) is 1.75. The number of carbonyl (C=O) groups is 1. The van der Waals surface area contributed by atoms with E-state index in [0.29, 0.717) is 11.3 Å². The van der Waals surface area contributed by atoms with Crippen LogP contribution in [0, 0.1) is 12.7 Å². The van der Waals surface area contributed by atoms with Crippen molar-refractivity contribution in [2.24, 2.45) is 0 Å². The number of carbonyl (C=O) groups excluding carboxylic acids is 1. The average molecular weight is 248 g/mol. The van der Waals surface area contributed by atoms with Gasteiger partial charge in [0.2, 0.25) is 5.78 Å². The average Bonchev–Trinajstić information content (AvgIpc) is 2.78. The van der Waals surface area contributed by atoms with E-state index in [2.05, 4.69) is 0 Å². The maximum Gasteiger partial charge on any atom is 0.202 e. The van der Waals surface area contributed by atoms with Gasteiger partial charge in [0.1, 0.15) is 5.76 Å². The molecule has 18 heavy (non-hydrogen) atoms. The molecule has 0 unspecified atom stereocenters. The van der Waals surface area contributed by atoms with Crippen molar-refractivity contribution in [1.82, 2.24) is 0 Å². The van der Waals surface area contributed by atoms with Crippen molar-refractivity contribution in [2.45, 2.75) is 13.3 Å². The molecule has 2 rings (SSSR count). The van der Waals surface area contributed by atoms with Crippen LogP contribution in [0.1, 0.15) is 21.9 Å². The van der Waals surface area contributed by atoms with Crippen molar-refractivity contribution in [2.75, 3.05) is 7.11 Å². The minimum Gasteiger partial charge on any atom is -0.494 e. The number of ether oxygens (including phenoxy) is 1. The van der Waals surface area contributed by atoms with Crippen molar-refractivity contribution in [3.63, 3.8) is 0 Å². The van der Waals surface area contributed by atoms with E-state index in [0.717, 1.165) is 0 Å². The van der Waals surface area contributed by atoms with E-state index in [1.165, 1.54) is 13.2 Å². The van der Waals surface area contributed by atoms with Gasteiger partial charge in [-0.3, -0.25) is 4.79 Å². The van der Waals surface area contributed by atoms with Gasteiger partial charge in [0.05, 0.1) is 7.11 Å². The van der Waals surface area contributed by atoms with Crippen molar-refractivity contribution in [1.29, 1.82) is 0 Å². The number of rotatable bonds is 4. The zero-order valence-corrected chi connectivity index (χ0v) is 10.2. The third-order valence-corrected chi connectivity index (χ3v) is 2.63. The van der Waals surface area contributed by atoms with Crippen LogP contribution < -0.4 is 4.74 Å². The van der Waals surface area contributed by atoms with Crippen LogP contribution in [-0.4, -0.2) is 12.9 Å². The fraction of sp³-hybridized carbons (Fsp3) is 0.214. The Bertz CT molecular complexity index is 572. The Morgan fingerprint density at radius 1 is 1.33 bits per heavy atom. The SMILES string of the molecule is COc1cccc(CC(=O)c2ccc(C)o2)c1F. The highest BCUT2D eigenvalue weighted by molar-refractivity contribution is 5.95. The molecule has 0 spiro atoms. The second kappa shape index (κ2) is 5.04. The van der Waals surface area contributed by atoms with Crippen molar-refractivity contribution in [3.8, 4) is 5.75 Å². The van der Waals surface area contributed by atoms with Crippen molar-refractivity contribution >= 4 is 5.78 Å². The Labute approximate surface area is 104 Å². The highest BCUT2D eigenvalue weighted by Gasteiger charge is 2.15. The van der Waals surface area contributed by atoms with Gasteiger partial charge in [0, 0.05) is 6.42 Å². The Kier molecular flexibility index (Phi) is 3.46. The molecule has 1 aromatic heterocycles. The number of ketones is 1. The molecular formula is C14H13FO3. The summed E-state index contributed by atoms with van der Waals surface area (Å²) in [5.74, 6) is 0.280. The van der Waals surface area contributed by atoms with Gasteiger partial charge in [-0.05, 0) is 30.7 Å². The first-order chi connectivity index (χ1) is 8.61. The van der Waals surface area contributed by atoms with Crippen LogP contribution in [-0.2, 0) is 6.42 Å². The van der Waals surface area contributed by atoms with Crippen LogP contribution in [0.5, 0.6) is 5.75 Å². The Morgan fingerprint density at radius 2 is 2.11 bits per heavy atom. The van der Waals surface area contributed by atoms with E-state index in [9.17, 15) is 9.18 Å². The normalized spacial score (nSPS) is 10.4. The first-order valence-electron chi connectivity index (χ1n) is 5.53. The van der Waals surface area contributed by atoms with Crippen LogP contribution in [0.2, 0.25) is 0 Å². The quantitative estimate of drug-likeness (QED) is 0.780. The maximum absolute atomic E-state index is 13.8. The molecular weight excluding hydrogens is 235 g/mol. The molecule has 0 bridgehead atoms. The van der Waals surface area contributed by atoms with Gasteiger partial charge in [0.15, 0.2) is 17.3 Å². The molecule has 3 nitrogen and oxygen atoms in total. The Hall–Kier alpha value is -2.10. The summed E-state index contributed by atoms with van der Waals surface area (Å²) in [6.07, 6.45) is -0.0456. The van der Waals surface area contributed by atoms with Gasteiger partial charge < -0.3 is 9.15 Å². The van der Waals surface area contributed by atoms with Crippen LogP contribution in [0.15, 0.2) is 34.7 Å². The molecule has 0 fully saturated rings. The first-order valence-corrected chi connectivity index (χ1v) is 5.53. The van der Waals surface area contributed by atoms with Crippen LogP contribution in [0.4, 0.5) is 4.39 Å². The smallest absolute Gasteiger partial charge is 0.202 e. The molecule has 0 saturated heterocycles. The third kappa shape index (κ3) is 2.42. The van der Waals surface area contributed by atoms with E-state index in [4.69, 9.17) is 9.15 Å². The predicted molar refractivity (Wildman–Crippen MR) is 64.4 cm³/mol. The number of halogens is 1. The molecule has 4 heteroatoms. The lowest BCUT2D eigenvalue weighted by Gasteiger charge is -2.05. The maximum atomic E-state index is 13.8. The third-order valence-electron chi connectivity index (χ3n) is 2.63. The summed E-state index contributed by atoms with van der Waals surface area (Å²) < 4.78 is 23.9. The molecule has 1 aromatic carbocycles. The zero-order valence-electron chi connectivity index (χ0n) is 10.2. The number of furan rings is 1. The van der Waals surface area contributed by atoms with Crippen LogP contribution in [0.3, 0.4) is 0 Å². The lowest BCUT2D eigenvalue weighted by Crippen LogP contribution is -2.05. The molecule has 0 aliphatic heterocycles. The van der Waals surface area contributed by atoms with Gasteiger partial charge in [-0.15, -0.1) is 0 Å². The van der Waals surface area contributed by atoms with Gasteiger partial charge in [-0.25, -0.2) is 4.39 Å². The Morgan fingerprint density at radius 3 is 2.72 bits per heavy atom. The molecule has 94 valence electrons. The van der Waals surface area contributed by atoms with E-state index >= 15 is 0 Å². The lowest BCUT2D eigenvalue weighted by molar-refractivity contribution is 0.0964. The number of hydrogen-bond donors (Lipinski definition) is 0. The number of aryl methyl sites for hydroxylation is 1. The molecule has 0 atom stereocenters. The molecule has 2 aromatic rings. The largest absolute Gasteiger partial charge is 0.494 e. The molecule has 0 aliphatic carbocycles. The summed E-state index contributed by atoms with van der Waals surface area (Å²) >= 11 is 0. The van der Waals surface area contributed by atoms with Crippen LogP contribution >= 0.6 is 0 Å². The minimum absolute atomic E-state index is 0.0456. The number of Topliss-reactive ketones (excluding diaryl/α,β-unsaturated/α-hetero) is 1. The second-order valence-corrected chi connectivity index (χ2v) is 3.94. The first kappa shape index (κ1) is 12.4. The molecule has 0 aliphatic rings. The highest BCUT2D eigenvalue weighted by atomic mass is 19.1. The number of benzene rings is 1. The minimum atomic E-state index is -0.503. The van der Waals surface area contributed by atoms with E-state index in [1.54, 1.807) is 31.2 Å². The molecule has 0 N–H and O–H groups in total. The summed E-state index contributed by atoms with van der Waals surface area (Å²) in [6, 6.07) is 8.02. The Balaban J connectivity index is 2.22. The standard InChI is InChI=1S/C14H13FO3/c1-9-6-7-12(18-9)11(16)8-10-4-3-5-13(17-2)14(10)15/h3-7H,8H2,1-2H3. The van der Waals surface area contributed by atoms with E-state index in [-0.39, 0.29) is 23.7 Å². The highest BCUT2D eigenvalue weighted by Crippen LogP contribution is 2.21. The number of hydrogen-bond acceptors (Lipinski definition) is 3. The second-order valence-electron chi connectivity index (χ2n) is 3.94. The summed E-state index contributed by atoms with van der Waals surface area (Å²) in [5, 5.41) is 0. The van der Waals surface area contributed by atoms with E-state index < -0.39 is 5.82 Å². The monoisotopic (exact) mass is 248 g/mol. The van der Waals surface area contributed by atoms with Gasteiger partial charge in [-0.2, -0.15) is 0 Å². The van der Waals surface area contributed by atoms with Gasteiger partial charge >= 0.3 is 0 Å². The molecule has 0 amide bonds. The molecule has 0 saturated carbocycles. The fourth-order valence-electron chi connectivity index (χ4n) is 1.69. The lowest BCUT2D eigenvalue weighted by atomic mass is 10.1. The summed E-state index contributed by atoms with van der Waals surface area (Å²) in [7, 11) is 1.39. The zero-order chi connectivity index (χ0) is 13.1. The molecule has 0 radical (unpaired) electrons. The fourth-order valence-corrected chi connectivity index (χ4v) is 1.69. The molecule has 1 heterocycles. The topological polar surface area (TPSA) is 39.4 Å². The van der Waals surface area contributed by atoms with E-state index in [1.807, 2.05) is 0 Å². The van der Waals surface area contributed by atoms with Gasteiger partial charge in [-0.1, -0.05) is 12.1 Å². The van der Waals surface area contributed by atoms with Crippen molar-refractivity contribution < 1.29 is 18.3 Å². The number of methoxy groups -OCH3 is 1. The van der Waals surface area contributed by atoms with Crippen molar-refractivity contribution in [3.05, 3.63) is 53.2 Å². The summed E-state index contributed by atoms with van der Waals surface area (Å²) in [5.41, 5.74) is 0.299. The predicted octanol–water partition coefficient (Wildman–Crippen LogP) is 3.16. The summed E-state index contributed by atoms with van der Waals surface area (Å²) in [4.78, 5) is 11.9. The van der Waals surface area contributed by atoms with Crippen LogP contribution in [0.25, 0.3) is 0 Å².